The van der Waals surface area contributed by atoms with Gasteiger partial charge in [0.25, 0.3) is 0 Å². The molecule has 6 nitrogen and oxygen atoms in total. The van der Waals surface area contributed by atoms with Crippen molar-refractivity contribution in [3.63, 3.8) is 0 Å². The molecule has 6 heteroatoms. The van der Waals surface area contributed by atoms with E-state index in [9.17, 15) is 14.4 Å². The van der Waals surface area contributed by atoms with E-state index < -0.39 is 0 Å². The van der Waals surface area contributed by atoms with Crippen LogP contribution in [-0.4, -0.2) is 60.2 Å². The van der Waals surface area contributed by atoms with Crippen LogP contribution in [0.5, 0.6) is 0 Å². The molecule has 0 aromatic heterocycles. The molecular formula is C11H15N3O3. The number of amides is 3. The van der Waals surface area contributed by atoms with Gasteiger partial charge in [-0.15, -0.1) is 6.42 Å². The highest BCUT2D eigenvalue weighted by molar-refractivity contribution is 5.94. The average molecular weight is 237 g/mol. The van der Waals surface area contributed by atoms with Gasteiger partial charge in [0.15, 0.2) is 0 Å². The Bertz CT molecular complexity index is 373. The van der Waals surface area contributed by atoms with Crippen LogP contribution < -0.4 is 5.32 Å². The summed E-state index contributed by atoms with van der Waals surface area (Å²) in [6.07, 6.45) is 4.99. The van der Waals surface area contributed by atoms with Crippen molar-refractivity contribution in [3.05, 3.63) is 0 Å². The first-order valence-electron chi connectivity index (χ1n) is 5.34. The fraction of sp³-hybridized carbons (Fsp3) is 0.545. The molecule has 92 valence electrons. The Kier molecular flexibility index (Phi) is 4.52. The maximum absolute atomic E-state index is 11.6. The van der Waals surface area contributed by atoms with Crippen LogP contribution in [0.15, 0.2) is 0 Å². The third-order valence-electron chi connectivity index (χ3n) is 2.46. The van der Waals surface area contributed by atoms with Gasteiger partial charge in [-0.2, -0.15) is 0 Å². The largest absolute Gasteiger partial charge is 0.344 e. The molecule has 1 aliphatic heterocycles. The number of carbonyl (C=O) groups is 3. The Balaban J connectivity index is 2.50. The maximum atomic E-state index is 11.6. The monoisotopic (exact) mass is 237 g/mol. The van der Waals surface area contributed by atoms with Crippen molar-refractivity contribution in [3.8, 4) is 12.3 Å². The second-order valence-electron chi connectivity index (χ2n) is 3.64. The molecule has 0 saturated carbocycles. The zero-order chi connectivity index (χ0) is 12.8. The van der Waals surface area contributed by atoms with Gasteiger partial charge in [-0.25, -0.2) is 0 Å². The maximum Gasteiger partial charge on any atom is 0.243 e. The number of rotatable bonds is 4. The second-order valence-corrected chi connectivity index (χ2v) is 3.64. The summed E-state index contributed by atoms with van der Waals surface area (Å²) in [5.74, 6) is 1.55. The minimum Gasteiger partial charge on any atom is -0.344 e. The minimum absolute atomic E-state index is 0.0394. The van der Waals surface area contributed by atoms with Gasteiger partial charge >= 0.3 is 0 Å². The summed E-state index contributed by atoms with van der Waals surface area (Å²) in [7, 11) is 0. The molecule has 0 radical (unpaired) electrons. The number of hydrogen-bond acceptors (Lipinski definition) is 3. The van der Waals surface area contributed by atoms with Crippen LogP contribution in [0.1, 0.15) is 6.92 Å². The lowest BCUT2D eigenvalue weighted by molar-refractivity contribution is -0.151. The lowest BCUT2D eigenvalue weighted by Gasteiger charge is -2.32. The highest BCUT2D eigenvalue weighted by atomic mass is 16.2. The van der Waals surface area contributed by atoms with E-state index in [0.717, 1.165) is 0 Å². The lowest BCUT2D eigenvalue weighted by atomic mass is 10.3. The summed E-state index contributed by atoms with van der Waals surface area (Å²) in [6.45, 7) is 2.30. The molecule has 1 fully saturated rings. The fourth-order valence-electron chi connectivity index (χ4n) is 1.51. The van der Waals surface area contributed by atoms with E-state index in [0.29, 0.717) is 6.54 Å². The summed E-state index contributed by atoms with van der Waals surface area (Å²) in [6, 6.07) is 0. The predicted molar refractivity (Wildman–Crippen MR) is 60.7 cm³/mol. The lowest BCUT2D eigenvalue weighted by Crippen LogP contribution is -2.55. The Morgan fingerprint density at radius 3 is 2.53 bits per heavy atom. The average Bonchev–Trinajstić information content (AvgIpc) is 2.30. The van der Waals surface area contributed by atoms with Gasteiger partial charge < -0.3 is 15.1 Å². The van der Waals surface area contributed by atoms with Gasteiger partial charge in [-0.05, 0) is 6.92 Å². The molecule has 1 rings (SSSR count). The molecule has 0 aliphatic carbocycles. The fourth-order valence-corrected chi connectivity index (χ4v) is 1.51. The summed E-state index contributed by atoms with van der Waals surface area (Å²) in [5, 5.41) is 2.45. The molecule has 3 amide bonds. The number of hydrogen-bond donors (Lipinski definition) is 1. The number of likely N-dealkylation sites (N-methyl/N-ethyl adjacent to an activating group) is 1. The van der Waals surface area contributed by atoms with Crippen LogP contribution in [0.2, 0.25) is 0 Å². The van der Waals surface area contributed by atoms with Crippen LogP contribution >= 0.6 is 0 Å². The Morgan fingerprint density at radius 2 is 1.94 bits per heavy atom. The highest BCUT2D eigenvalue weighted by Gasteiger charge is 2.29. The standard InChI is InChI=1S/C11H15N3O3/c1-3-5-12-9(15)6-14-8-10(16)13(4-2)7-11(14)17/h1H,4-8H2,2H3,(H,12,15). The normalized spacial score (nSPS) is 15.8. The van der Waals surface area contributed by atoms with Gasteiger partial charge in [-0.1, -0.05) is 5.92 Å². The Hall–Kier alpha value is -2.03. The molecule has 0 aromatic carbocycles. The molecule has 0 aromatic rings. The second kappa shape index (κ2) is 5.89. The third-order valence-corrected chi connectivity index (χ3v) is 2.46. The van der Waals surface area contributed by atoms with Crippen molar-refractivity contribution in [2.24, 2.45) is 0 Å². The van der Waals surface area contributed by atoms with Gasteiger partial charge in [0, 0.05) is 6.54 Å². The highest BCUT2D eigenvalue weighted by Crippen LogP contribution is 2.03. The van der Waals surface area contributed by atoms with E-state index >= 15 is 0 Å². The number of terminal acetylenes is 1. The first kappa shape index (κ1) is 13.0. The topological polar surface area (TPSA) is 69.7 Å². The summed E-state index contributed by atoms with van der Waals surface area (Å²) in [5.41, 5.74) is 0. The van der Waals surface area contributed by atoms with Crippen LogP contribution in [0.4, 0.5) is 0 Å². The van der Waals surface area contributed by atoms with Gasteiger partial charge in [0.2, 0.25) is 17.7 Å². The summed E-state index contributed by atoms with van der Waals surface area (Å²) < 4.78 is 0. The van der Waals surface area contributed by atoms with E-state index in [1.165, 1.54) is 9.80 Å². The predicted octanol–water partition coefficient (Wildman–Crippen LogP) is -1.57. The number of nitrogens with one attached hydrogen (secondary N) is 1. The molecule has 1 aliphatic rings. The zero-order valence-corrected chi connectivity index (χ0v) is 9.73. The molecule has 1 N–H and O–H groups in total. The molecule has 0 atom stereocenters. The molecule has 0 spiro atoms. The SMILES string of the molecule is C#CCNC(=O)CN1CC(=O)N(CC)CC1=O. The van der Waals surface area contributed by atoms with E-state index in [1.807, 2.05) is 0 Å². The Morgan fingerprint density at radius 1 is 1.35 bits per heavy atom. The first-order chi connectivity index (χ1) is 8.08. The van der Waals surface area contributed by atoms with Gasteiger partial charge in [0.05, 0.1) is 13.1 Å². The number of carbonyl (C=O) groups excluding carboxylic acids is 3. The van der Waals surface area contributed by atoms with Crippen molar-refractivity contribution in [2.45, 2.75) is 6.92 Å². The first-order valence-corrected chi connectivity index (χ1v) is 5.34. The third kappa shape index (κ3) is 3.48. The summed E-state index contributed by atoms with van der Waals surface area (Å²) in [4.78, 5) is 37.2. The van der Waals surface area contributed by atoms with Crippen molar-refractivity contribution in [1.82, 2.24) is 15.1 Å². The molecule has 1 saturated heterocycles. The van der Waals surface area contributed by atoms with Crippen LogP contribution in [0, 0.1) is 12.3 Å². The molecule has 0 unspecified atom stereocenters. The van der Waals surface area contributed by atoms with Gasteiger partial charge in [0.1, 0.15) is 13.1 Å². The minimum atomic E-state index is -0.353. The van der Waals surface area contributed by atoms with E-state index in [4.69, 9.17) is 6.42 Å². The number of piperazine rings is 1. The van der Waals surface area contributed by atoms with E-state index in [-0.39, 0.29) is 43.9 Å². The van der Waals surface area contributed by atoms with E-state index in [2.05, 4.69) is 11.2 Å². The number of nitrogens with zero attached hydrogens (tertiary/aromatic N) is 2. The summed E-state index contributed by atoms with van der Waals surface area (Å²) >= 11 is 0. The smallest absolute Gasteiger partial charge is 0.243 e. The molecular weight excluding hydrogens is 222 g/mol. The van der Waals surface area contributed by atoms with Crippen molar-refractivity contribution >= 4 is 17.7 Å². The molecule has 0 bridgehead atoms. The van der Waals surface area contributed by atoms with Crippen molar-refractivity contribution < 1.29 is 14.4 Å². The molecule has 17 heavy (non-hydrogen) atoms. The van der Waals surface area contributed by atoms with Crippen molar-refractivity contribution in [1.29, 1.82) is 0 Å². The van der Waals surface area contributed by atoms with E-state index in [1.54, 1.807) is 6.92 Å². The van der Waals surface area contributed by atoms with Gasteiger partial charge in [-0.3, -0.25) is 14.4 Å². The quantitative estimate of drug-likeness (QED) is 0.600. The van der Waals surface area contributed by atoms with Crippen LogP contribution in [-0.2, 0) is 14.4 Å². The van der Waals surface area contributed by atoms with Crippen molar-refractivity contribution in [2.75, 3.05) is 32.7 Å². The zero-order valence-electron chi connectivity index (χ0n) is 9.73. The Labute approximate surface area is 99.9 Å². The van der Waals surface area contributed by atoms with Crippen LogP contribution in [0.3, 0.4) is 0 Å². The molecule has 1 heterocycles. The van der Waals surface area contributed by atoms with Crippen LogP contribution in [0.25, 0.3) is 0 Å².